The van der Waals surface area contributed by atoms with E-state index in [-0.39, 0.29) is 23.1 Å². The fourth-order valence-electron chi connectivity index (χ4n) is 2.79. The number of halogens is 2. The highest BCUT2D eigenvalue weighted by Crippen LogP contribution is 2.26. The smallest absolute Gasteiger partial charge is 0.340 e. The Hall–Kier alpha value is -1.66. The second-order valence-electron chi connectivity index (χ2n) is 5.19. The van der Waals surface area contributed by atoms with Crippen LogP contribution in [0.25, 0.3) is 11.0 Å². The molecule has 0 bridgehead atoms. The van der Waals surface area contributed by atoms with E-state index in [9.17, 15) is 9.18 Å². The number of benzene rings is 1. The predicted molar refractivity (Wildman–Crippen MR) is 79.6 cm³/mol. The first-order valence-corrected chi connectivity index (χ1v) is 7.62. The minimum absolute atomic E-state index is 0.0144. The van der Waals surface area contributed by atoms with Gasteiger partial charge in [-0.15, -0.1) is 11.6 Å². The van der Waals surface area contributed by atoms with Crippen LogP contribution in [0.15, 0.2) is 12.1 Å². The molecule has 0 spiro atoms. The van der Waals surface area contributed by atoms with Gasteiger partial charge in [-0.1, -0.05) is 0 Å². The number of carbonyl (C=O) groups excluding carboxylic acids is 1. The van der Waals surface area contributed by atoms with Crippen molar-refractivity contribution in [3.63, 3.8) is 0 Å². The molecule has 1 saturated heterocycles. The molecule has 1 aromatic heterocycles. The summed E-state index contributed by atoms with van der Waals surface area (Å²) in [6, 6.07) is 2.98. The quantitative estimate of drug-likeness (QED) is 0.640. The van der Waals surface area contributed by atoms with Crippen LogP contribution in [0.2, 0.25) is 0 Å². The predicted octanol–water partition coefficient (Wildman–Crippen LogP) is 2.88. The molecule has 22 heavy (non-hydrogen) atoms. The highest BCUT2D eigenvalue weighted by molar-refractivity contribution is 6.16. The average Bonchev–Trinajstić information content (AvgIpc) is 3.15. The van der Waals surface area contributed by atoms with E-state index in [1.165, 1.54) is 13.2 Å². The van der Waals surface area contributed by atoms with Crippen molar-refractivity contribution >= 4 is 28.6 Å². The lowest BCUT2D eigenvalue weighted by Crippen LogP contribution is -2.17. The first kappa shape index (κ1) is 15.2. The first-order valence-electron chi connectivity index (χ1n) is 7.09. The highest BCUT2D eigenvalue weighted by Gasteiger charge is 2.24. The Balaban J connectivity index is 2.12. The lowest BCUT2D eigenvalue weighted by molar-refractivity contribution is 0.0596. The number of carbonyl (C=O) groups is 1. The lowest BCUT2D eigenvalue weighted by atomic mass is 10.1. The van der Waals surface area contributed by atoms with Crippen LogP contribution in [0.3, 0.4) is 0 Å². The number of hydrogen-bond donors (Lipinski definition) is 0. The number of imidazole rings is 1. The van der Waals surface area contributed by atoms with Gasteiger partial charge < -0.3 is 14.0 Å². The Labute approximate surface area is 132 Å². The third-order valence-corrected chi connectivity index (χ3v) is 4.10. The van der Waals surface area contributed by atoms with Gasteiger partial charge in [-0.2, -0.15) is 0 Å². The van der Waals surface area contributed by atoms with E-state index in [1.807, 2.05) is 0 Å². The number of esters is 1. The summed E-state index contributed by atoms with van der Waals surface area (Å²) in [4.78, 5) is 16.0. The van der Waals surface area contributed by atoms with Gasteiger partial charge in [-0.25, -0.2) is 14.2 Å². The van der Waals surface area contributed by atoms with E-state index in [0.717, 1.165) is 12.8 Å². The van der Waals surface area contributed by atoms with Gasteiger partial charge in [0, 0.05) is 6.61 Å². The van der Waals surface area contributed by atoms with Crippen LogP contribution in [0.5, 0.6) is 0 Å². The maximum absolute atomic E-state index is 14.7. The maximum Gasteiger partial charge on any atom is 0.340 e. The van der Waals surface area contributed by atoms with Gasteiger partial charge >= 0.3 is 5.97 Å². The Kier molecular flexibility index (Phi) is 4.31. The normalized spacial score (nSPS) is 18.0. The average molecular weight is 327 g/mol. The number of fused-ring (bicyclic) bond motifs is 1. The fraction of sp³-hybridized carbons (Fsp3) is 0.467. The third kappa shape index (κ3) is 2.57. The van der Waals surface area contributed by atoms with Gasteiger partial charge in [-0.3, -0.25) is 0 Å². The van der Waals surface area contributed by atoms with Gasteiger partial charge in [0.05, 0.1) is 36.7 Å². The molecule has 0 unspecified atom stereocenters. The molecule has 0 aliphatic carbocycles. The molecule has 1 atom stereocenters. The van der Waals surface area contributed by atoms with E-state index >= 15 is 0 Å². The topological polar surface area (TPSA) is 53.3 Å². The van der Waals surface area contributed by atoms with Crippen LogP contribution in [0.4, 0.5) is 4.39 Å². The first-order chi connectivity index (χ1) is 10.7. The minimum Gasteiger partial charge on any atom is -0.465 e. The van der Waals surface area contributed by atoms with Crippen molar-refractivity contribution in [2.24, 2.45) is 0 Å². The standard InChI is InChI=1S/C15H16ClFN2O3/c1-21-15(20)10-4-5-11-14(13(10)17)19(12(7-16)18-11)8-9-3-2-6-22-9/h4-5,9H,2-3,6-8H2,1H3/t9-/m0/s1. The summed E-state index contributed by atoms with van der Waals surface area (Å²) < 4.78 is 26.7. The molecular weight excluding hydrogens is 311 g/mol. The molecule has 5 nitrogen and oxygen atoms in total. The van der Waals surface area contributed by atoms with E-state index in [0.29, 0.717) is 24.5 Å². The summed E-state index contributed by atoms with van der Waals surface area (Å²) in [5, 5.41) is 0. The third-order valence-electron chi connectivity index (χ3n) is 3.86. The van der Waals surface area contributed by atoms with Crippen LogP contribution >= 0.6 is 11.6 Å². The van der Waals surface area contributed by atoms with E-state index < -0.39 is 11.8 Å². The van der Waals surface area contributed by atoms with Crippen molar-refractivity contribution in [3.05, 3.63) is 29.3 Å². The fourth-order valence-corrected chi connectivity index (χ4v) is 2.99. The summed E-state index contributed by atoms with van der Waals surface area (Å²) in [6.07, 6.45) is 1.92. The number of ether oxygens (including phenoxy) is 2. The zero-order valence-corrected chi connectivity index (χ0v) is 12.9. The molecule has 1 aromatic carbocycles. The van der Waals surface area contributed by atoms with Gasteiger partial charge in [0.15, 0.2) is 5.82 Å². The van der Waals surface area contributed by atoms with Crippen molar-refractivity contribution in [2.45, 2.75) is 31.4 Å². The molecule has 1 aliphatic heterocycles. The van der Waals surface area contributed by atoms with Crippen molar-refractivity contribution in [2.75, 3.05) is 13.7 Å². The second kappa shape index (κ2) is 6.22. The number of nitrogens with zero attached hydrogens (tertiary/aromatic N) is 2. The number of alkyl halides is 1. The largest absolute Gasteiger partial charge is 0.465 e. The number of methoxy groups -OCH3 is 1. The summed E-state index contributed by atoms with van der Waals surface area (Å²) in [5.74, 6) is -0.620. The minimum atomic E-state index is -0.711. The van der Waals surface area contributed by atoms with Crippen LogP contribution in [0, 0.1) is 5.82 Å². The second-order valence-corrected chi connectivity index (χ2v) is 5.46. The molecule has 0 amide bonds. The monoisotopic (exact) mass is 326 g/mol. The summed E-state index contributed by atoms with van der Waals surface area (Å²) in [6.45, 7) is 1.18. The van der Waals surface area contributed by atoms with Crippen molar-refractivity contribution in [1.82, 2.24) is 9.55 Å². The molecule has 0 N–H and O–H groups in total. The van der Waals surface area contributed by atoms with Crippen LogP contribution in [-0.2, 0) is 21.9 Å². The van der Waals surface area contributed by atoms with E-state index in [1.54, 1.807) is 10.6 Å². The molecule has 2 aromatic rings. The zero-order chi connectivity index (χ0) is 15.7. The summed E-state index contributed by atoms with van der Waals surface area (Å²) in [7, 11) is 1.22. The Bertz CT molecular complexity index is 710. The van der Waals surface area contributed by atoms with Crippen LogP contribution in [0.1, 0.15) is 29.0 Å². The van der Waals surface area contributed by atoms with Crippen molar-refractivity contribution < 1.29 is 18.7 Å². The van der Waals surface area contributed by atoms with E-state index in [2.05, 4.69) is 9.72 Å². The molecule has 0 saturated carbocycles. The van der Waals surface area contributed by atoms with E-state index in [4.69, 9.17) is 16.3 Å². The molecule has 1 fully saturated rings. The number of aromatic nitrogens is 2. The Morgan fingerprint density at radius 3 is 3.05 bits per heavy atom. The van der Waals surface area contributed by atoms with Gasteiger partial charge in [0.25, 0.3) is 0 Å². The zero-order valence-electron chi connectivity index (χ0n) is 12.1. The SMILES string of the molecule is COC(=O)c1ccc2nc(CCl)n(C[C@@H]3CCCO3)c2c1F. The molecule has 7 heteroatoms. The molecule has 1 aliphatic rings. The maximum atomic E-state index is 14.7. The van der Waals surface area contributed by atoms with Crippen molar-refractivity contribution in [3.8, 4) is 0 Å². The van der Waals surface area contributed by atoms with Gasteiger partial charge in [0.1, 0.15) is 11.3 Å². The molecule has 2 heterocycles. The molecule has 0 radical (unpaired) electrons. The van der Waals surface area contributed by atoms with Gasteiger partial charge in [-0.05, 0) is 25.0 Å². The summed E-state index contributed by atoms with van der Waals surface area (Å²) in [5.41, 5.74) is 0.637. The van der Waals surface area contributed by atoms with Gasteiger partial charge in [0.2, 0.25) is 0 Å². The van der Waals surface area contributed by atoms with Crippen molar-refractivity contribution in [1.29, 1.82) is 0 Å². The summed E-state index contributed by atoms with van der Waals surface area (Å²) >= 11 is 5.93. The lowest BCUT2D eigenvalue weighted by Gasteiger charge is -2.14. The Morgan fingerprint density at radius 2 is 2.41 bits per heavy atom. The number of rotatable bonds is 4. The molecule has 118 valence electrons. The molecule has 3 rings (SSSR count). The van der Waals surface area contributed by atoms with Crippen LogP contribution < -0.4 is 0 Å². The highest BCUT2D eigenvalue weighted by atomic mass is 35.5. The van der Waals surface area contributed by atoms with Crippen LogP contribution in [-0.4, -0.2) is 35.3 Å². The molecular formula is C15H16ClFN2O3. The Morgan fingerprint density at radius 1 is 1.59 bits per heavy atom. The number of hydrogen-bond acceptors (Lipinski definition) is 4.